The number of nitrogens with one attached hydrogen (secondary N) is 1. The van der Waals surface area contributed by atoms with Gasteiger partial charge in [0.25, 0.3) is 0 Å². The van der Waals surface area contributed by atoms with E-state index in [1.165, 1.54) is 35.3 Å². The molecule has 4 nitrogen and oxygen atoms in total. The summed E-state index contributed by atoms with van der Waals surface area (Å²) in [6.45, 7) is 1.82. The van der Waals surface area contributed by atoms with Gasteiger partial charge in [-0.15, -0.1) is 0 Å². The molecule has 116 valence electrons. The zero-order valence-electron chi connectivity index (χ0n) is 12.0. The number of halogens is 1. The van der Waals surface area contributed by atoms with Crippen LogP contribution in [-0.2, 0) is 10.0 Å². The topological polar surface area (TPSA) is 49.4 Å². The molecule has 1 atom stereocenters. The van der Waals surface area contributed by atoms with Gasteiger partial charge in [0.1, 0.15) is 10.7 Å². The van der Waals surface area contributed by atoms with Crippen LogP contribution in [0.1, 0.15) is 25.7 Å². The molecule has 1 aliphatic heterocycles. The Morgan fingerprint density at radius 3 is 2.71 bits per heavy atom. The standard InChI is InChI=1S/C15H21FN2O2S/c16-14-5-1-2-6-15(14)21(19,20)18-9-3-4-12(11-18)10-17-13-7-8-13/h1-2,5-6,12-13,17H,3-4,7-11H2. The summed E-state index contributed by atoms with van der Waals surface area (Å²) in [6.07, 6.45) is 4.32. The largest absolute Gasteiger partial charge is 0.314 e. The van der Waals surface area contributed by atoms with Crippen molar-refractivity contribution in [2.75, 3.05) is 19.6 Å². The fourth-order valence-corrected chi connectivity index (χ4v) is 4.45. The van der Waals surface area contributed by atoms with Gasteiger partial charge in [0.05, 0.1) is 0 Å². The summed E-state index contributed by atoms with van der Waals surface area (Å²) in [4.78, 5) is -0.208. The van der Waals surface area contributed by atoms with Gasteiger partial charge in [-0.25, -0.2) is 12.8 Å². The second-order valence-electron chi connectivity index (χ2n) is 5.98. The predicted octanol–water partition coefficient (Wildman–Crippen LogP) is 1.98. The van der Waals surface area contributed by atoms with E-state index >= 15 is 0 Å². The van der Waals surface area contributed by atoms with Crippen molar-refractivity contribution >= 4 is 10.0 Å². The lowest BCUT2D eigenvalue weighted by atomic mass is 10.00. The van der Waals surface area contributed by atoms with Gasteiger partial charge >= 0.3 is 0 Å². The maximum atomic E-state index is 13.8. The zero-order valence-corrected chi connectivity index (χ0v) is 12.8. The van der Waals surface area contributed by atoms with Crippen molar-refractivity contribution in [2.45, 2.75) is 36.6 Å². The molecule has 2 fully saturated rings. The number of hydrogen-bond acceptors (Lipinski definition) is 3. The first-order valence-electron chi connectivity index (χ1n) is 7.55. The van der Waals surface area contributed by atoms with Crippen molar-refractivity contribution in [3.05, 3.63) is 30.1 Å². The number of hydrogen-bond donors (Lipinski definition) is 1. The maximum Gasteiger partial charge on any atom is 0.245 e. The van der Waals surface area contributed by atoms with Gasteiger partial charge < -0.3 is 5.32 Å². The molecule has 0 radical (unpaired) electrons. The molecule has 1 aromatic carbocycles. The Hall–Kier alpha value is -0.980. The van der Waals surface area contributed by atoms with Crippen LogP contribution >= 0.6 is 0 Å². The highest BCUT2D eigenvalue weighted by Crippen LogP contribution is 2.26. The van der Waals surface area contributed by atoms with Gasteiger partial charge in [-0.05, 0) is 50.3 Å². The average molecular weight is 312 g/mol. The molecule has 0 aromatic heterocycles. The highest BCUT2D eigenvalue weighted by molar-refractivity contribution is 7.89. The third-order valence-corrected chi connectivity index (χ3v) is 6.11. The third kappa shape index (κ3) is 3.44. The SMILES string of the molecule is O=S(=O)(c1ccccc1F)N1CCCC(CNC2CC2)C1. The summed E-state index contributed by atoms with van der Waals surface area (Å²) in [5.74, 6) is -0.350. The Kier molecular flexibility index (Phi) is 4.28. The Morgan fingerprint density at radius 1 is 1.24 bits per heavy atom. The molecule has 1 heterocycles. The second-order valence-corrected chi connectivity index (χ2v) is 7.89. The summed E-state index contributed by atoms with van der Waals surface area (Å²) in [6, 6.07) is 6.24. The van der Waals surface area contributed by atoms with Crippen molar-refractivity contribution in [1.82, 2.24) is 9.62 Å². The van der Waals surface area contributed by atoms with E-state index in [2.05, 4.69) is 5.32 Å². The van der Waals surface area contributed by atoms with Gasteiger partial charge in [0, 0.05) is 19.1 Å². The van der Waals surface area contributed by atoms with E-state index in [4.69, 9.17) is 0 Å². The fraction of sp³-hybridized carbons (Fsp3) is 0.600. The molecular weight excluding hydrogens is 291 g/mol. The van der Waals surface area contributed by atoms with Crippen LogP contribution in [0.15, 0.2) is 29.2 Å². The van der Waals surface area contributed by atoms with Crippen LogP contribution in [0.2, 0.25) is 0 Å². The molecule has 1 aliphatic carbocycles. The van der Waals surface area contributed by atoms with Crippen LogP contribution < -0.4 is 5.32 Å². The summed E-state index contributed by atoms with van der Waals surface area (Å²) in [5, 5.41) is 3.45. The van der Waals surface area contributed by atoms with E-state index in [0.29, 0.717) is 25.0 Å². The molecule has 6 heteroatoms. The molecular formula is C15H21FN2O2S. The molecule has 3 rings (SSSR count). The molecule has 0 bridgehead atoms. The summed E-state index contributed by atoms with van der Waals surface area (Å²) in [5.41, 5.74) is 0. The molecule has 0 spiro atoms. The first-order chi connectivity index (χ1) is 10.1. The lowest BCUT2D eigenvalue weighted by molar-refractivity contribution is 0.259. The van der Waals surface area contributed by atoms with Crippen molar-refractivity contribution in [1.29, 1.82) is 0 Å². The van der Waals surface area contributed by atoms with Crippen LogP contribution in [0.3, 0.4) is 0 Å². The smallest absolute Gasteiger partial charge is 0.245 e. The second kappa shape index (κ2) is 6.02. The quantitative estimate of drug-likeness (QED) is 0.904. The van der Waals surface area contributed by atoms with E-state index in [-0.39, 0.29) is 4.90 Å². The third-order valence-electron chi connectivity index (χ3n) is 4.21. The summed E-state index contributed by atoms with van der Waals surface area (Å²) >= 11 is 0. The Labute approximate surface area is 125 Å². The van der Waals surface area contributed by atoms with Gasteiger partial charge in [0.2, 0.25) is 10.0 Å². The van der Waals surface area contributed by atoms with Crippen LogP contribution in [-0.4, -0.2) is 38.4 Å². The minimum Gasteiger partial charge on any atom is -0.314 e. The Bertz CT molecular complexity index is 601. The fourth-order valence-electron chi connectivity index (χ4n) is 2.83. The van der Waals surface area contributed by atoms with E-state index in [1.807, 2.05) is 0 Å². The van der Waals surface area contributed by atoms with Crippen LogP contribution in [0, 0.1) is 11.7 Å². The maximum absolute atomic E-state index is 13.8. The molecule has 1 aromatic rings. The molecule has 1 N–H and O–H groups in total. The van der Waals surface area contributed by atoms with Crippen molar-refractivity contribution in [3.63, 3.8) is 0 Å². The minimum absolute atomic E-state index is 0.208. The first kappa shape index (κ1) is 14.9. The van der Waals surface area contributed by atoms with Crippen LogP contribution in [0.25, 0.3) is 0 Å². The number of rotatable bonds is 5. The molecule has 21 heavy (non-hydrogen) atoms. The van der Waals surface area contributed by atoms with Gasteiger partial charge in [-0.1, -0.05) is 12.1 Å². The summed E-state index contributed by atoms with van der Waals surface area (Å²) < 4.78 is 40.4. The van der Waals surface area contributed by atoms with Crippen LogP contribution in [0.5, 0.6) is 0 Å². The van der Waals surface area contributed by atoms with E-state index in [9.17, 15) is 12.8 Å². The molecule has 1 unspecified atom stereocenters. The average Bonchev–Trinajstić information content (AvgIpc) is 3.30. The molecule has 2 aliphatic rings. The Balaban J connectivity index is 1.70. The van der Waals surface area contributed by atoms with Gasteiger partial charge in [0.15, 0.2) is 0 Å². The number of piperidine rings is 1. The van der Waals surface area contributed by atoms with Crippen LogP contribution in [0.4, 0.5) is 4.39 Å². The minimum atomic E-state index is -3.72. The normalized spacial score (nSPS) is 24.1. The van der Waals surface area contributed by atoms with E-state index in [0.717, 1.165) is 19.4 Å². The van der Waals surface area contributed by atoms with Crippen molar-refractivity contribution in [3.8, 4) is 0 Å². The summed E-state index contributed by atoms with van der Waals surface area (Å²) in [7, 11) is -3.72. The molecule has 0 amide bonds. The predicted molar refractivity (Wildman–Crippen MR) is 78.9 cm³/mol. The van der Waals surface area contributed by atoms with Crippen molar-refractivity contribution < 1.29 is 12.8 Å². The number of sulfonamides is 1. The lowest BCUT2D eigenvalue weighted by Gasteiger charge is -2.32. The number of benzene rings is 1. The number of nitrogens with zero attached hydrogens (tertiary/aromatic N) is 1. The first-order valence-corrected chi connectivity index (χ1v) is 8.99. The van der Waals surface area contributed by atoms with Crippen molar-refractivity contribution in [2.24, 2.45) is 5.92 Å². The molecule has 1 saturated heterocycles. The van der Waals surface area contributed by atoms with Gasteiger partial charge in [-0.2, -0.15) is 4.31 Å². The molecule has 1 saturated carbocycles. The Morgan fingerprint density at radius 2 is 2.00 bits per heavy atom. The highest BCUT2D eigenvalue weighted by atomic mass is 32.2. The van der Waals surface area contributed by atoms with E-state index in [1.54, 1.807) is 6.07 Å². The van der Waals surface area contributed by atoms with Gasteiger partial charge in [-0.3, -0.25) is 0 Å². The zero-order chi connectivity index (χ0) is 14.9. The highest BCUT2D eigenvalue weighted by Gasteiger charge is 2.32. The van der Waals surface area contributed by atoms with E-state index < -0.39 is 15.8 Å². The monoisotopic (exact) mass is 312 g/mol. The lowest BCUT2D eigenvalue weighted by Crippen LogP contribution is -2.43.